The number of rotatable bonds is 4. The number of nitrogen functional groups attached to an aromatic ring is 1. The molecule has 0 amide bonds. The number of nitrogens with zero attached hydrogens (tertiary/aromatic N) is 3. The van der Waals surface area contributed by atoms with Crippen molar-refractivity contribution in [1.29, 1.82) is 0 Å². The number of aromatic nitrogens is 3. The van der Waals surface area contributed by atoms with Crippen molar-refractivity contribution in [2.45, 2.75) is 17.8 Å². The van der Waals surface area contributed by atoms with Crippen molar-refractivity contribution in [3.8, 4) is 0 Å². The number of hydrogen-bond donors (Lipinski definition) is 2. The molecule has 17 heavy (non-hydrogen) atoms. The molecular formula is C7H9N5O2S3. The standard InChI is InChI=1S/C7H9N5O2S3/c1-4-2-9-5(15-4)3-10-17(13,14)7-12-11-6(8)16-7/h2,10H,3H2,1H3,(H2,8,11). The molecule has 2 aromatic rings. The highest BCUT2D eigenvalue weighted by Crippen LogP contribution is 2.17. The molecule has 0 saturated carbocycles. The Labute approximate surface area is 106 Å². The molecule has 0 aliphatic rings. The Kier molecular flexibility index (Phi) is 3.38. The van der Waals surface area contributed by atoms with Gasteiger partial charge in [-0.1, -0.05) is 11.3 Å². The number of sulfonamides is 1. The van der Waals surface area contributed by atoms with Gasteiger partial charge in [0.25, 0.3) is 10.0 Å². The molecule has 2 aromatic heterocycles. The second kappa shape index (κ2) is 4.64. The van der Waals surface area contributed by atoms with Gasteiger partial charge in [0.15, 0.2) is 0 Å². The minimum Gasteiger partial charge on any atom is -0.374 e. The lowest BCUT2D eigenvalue weighted by molar-refractivity contribution is 0.579. The second-order valence-corrected chi connectivity index (χ2v) is 7.36. The first-order chi connectivity index (χ1) is 7.97. The molecule has 0 bridgehead atoms. The van der Waals surface area contributed by atoms with Gasteiger partial charge in [-0.3, -0.25) is 0 Å². The fourth-order valence-corrected chi connectivity index (χ4v) is 3.66. The van der Waals surface area contributed by atoms with E-state index < -0.39 is 10.0 Å². The van der Waals surface area contributed by atoms with Gasteiger partial charge in [0.05, 0.1) is 6.54 Å². The summed E-state index contributed by atoms with van der Waals surface area (Å²) >= 11 is 2.26. The first-order valence-corrected chi connectivity index (χ1v) is 7.59. The molecule has 7 nitrogen and oxygen atoms in total. The first-order valence-electron chi connectivity index (χ1n) is 4.47. The molecule has 0 spiro atoms. The van der Waals surface area contributed by atoms with E-state index in [-0.39, 0.29) is 16.0 Å². The summed E-state index contributed by atoms with van der Waals surface area (Å²) in [5.41, 5.74) is 5.33. The summed E-state index contributed by atoms with van der Waals surface area (Å²) in [5.74, 6) is 0. The van der Waals surface area contributed by atoms with Crippen molar-refractivity contribution < 1.29 is 8.42 Å². The summed E-state index contributed by atoms with van der Waals surface area (Å²) in [4.78, 5) is 5.08. The van der Waals surface area contributed by atoms with Crippen LogP contribution in [0.1, 0.15) is 9.88 Å². The summed E-state index contributed by atoms with van der Waals surface area (Å²) in [6.07, 6.45) is 1.69. The van der Waals surface area contributed by atoms with Crippen molar-refractivity contribution >= 4 is 37.8 Å². The van der Waals surface area contributed by atoms with Crippen LogP contribution in [0.2, 0.25) is 0 Å². The van der Waals surface area contributed by atoms with Crippen LogP contribution >= 0.6 is 22.7 Å². The molecule has 10 heteroatoms. The number of hydrogen-bond acceptors (Lipinski definition) is 8. The smallest absolute Gasteiger partial charge is 0.270 e. The van der Waals surface area contributed by atoms with Crippen LogP contribution in [0.15, 0.2) is 10.5 Å². The maximum atomic E-state index is 11.7. The van der Waals surface area contributed by atoms with Gasteiger partial charge in [-0.15, -0.1) is 21.5 Å². The van der Waals surface area contributed by atoms with E-state index in [1.807, 2.05) is 6.92 Å². The summed E-state index contributed by atoms with van der Waals surface area (Å²) in [6, 6.07) is 0. The zero-order valence-electron chi connectivity index (χ0n) is 8.74. The largest absolute Gasteiger partial charge is 0.374 e. The average molecular weight is 291 g/mol. The molecular weight excluding hydrogens is 282 g/mol. The summed E-state index contributed by atoms with van der Waals surface area (Å²) in [7, 11) is -3.65. The van der Waals surface area contributed by atoms with E-state index in [2.05, 4.69) is 19.9 Å². The van der Waals surface area contributed by atoms with Crippen LogP contribution in [-0.4, -0.2) is 23.6 Å². The number of nitrogens with two attached hydrogens (primary N) is 1. The monoisotopic (exact) mass is 291 g/mol. The van der Waals surface area contributed by atoms with Gasteiger partial charge in [0, 0.05) is 11.1 Å². The molecule has 0 saturated heterocycles. The zero-order chi connectivity index (χ0) is 12.5. The van der Waals surface area contributed by atoms with Crippen LogP contribution in [0.25, 0.3) is 0 Å². The van der Waals surface area contributed by atoms with Crippen molar-refractivity contribution in [2.24, 2.45) is 0 Å². The highest BCUT2D eigenvalue weighted by Gasteiger charge is 2.19. The third-order valence-corrected chi connectivity index (χ3v) is 5.17. The van der Waals surface area contributed by atoms with E-state index in [0.717, 1.165) is 16.2 Å². The molecule has 0 radical (unpaired) electrons. The third kappa shape index (κ3) is 2.97. The second-order valence-electron chi connectivity index (χ2n) is 3.10. The fraction of sp³-hybridized carbons (Fsp3) is 0.286. The number of thiazole rings is 1. The predicted molar refractivity (Wildman–Crippen MR) is 65.2 cm³/mol. The molecule has 3 N–H and O–H groups in total. The van der Waals surface area contributed by atoms with Gasteiger partial charge in [0.1, 0.15) is 5.01 Å². The maximum absolute atomic E-state index is 11.7. The predicted octanol–water partition coefficient (Wildman–Crippen LogP) is 0.364. The molecule has 2 heterocycles. The zero-order valence-corrected chi connectivity index (χ0v) is 11.2. The van der Waals surface area contributed by atoms with Crippen LogP contribution in [0.5, 0.6) is 0 Å². The van der Waals surface area contributed by atoms with Crippen LogP contribution in [0, 0.1) is 6.92 Å². The van der Waals surface area contributed by atoms with Crippen LogP contribution < -0.4 is 10.5 Å². The minimum absolute atomic E-state index is 0.121. The minimum atomic E-state index is -3.65. The van der Waals surface area contributed by atoms with Crippen molar-refractivity contribution in [3.05, 3.63) is 16.1 Å². The molecule has 0 aromatic carbocycles. The Morgan fingerprint density at radius 2 is 2.18 bits per heavy atom. The Hall–Kier alpha value is -1.10. The number of anilines is 1. The number of nitrogens with one attached hydrogen (secondary N) is 1. The Morgan fingerprint density at radius 1 is 1.41 bits per heavy atom. The molecule has 0 fully saturated rings. The van der Waals surface area contributed by atoms with E-state index in [1.54, 1.807) is 6.20 Å². The van der Waals surface area contributed by atoms with Crippen LogP contribution in [-0.2, 0) is 16.6 Å². The Morgan fingerprint density at radius 3 is 2.71 bits per heavy atom. The van der Waals surface area contributed by atoms with Crippen LogP contribution in [0.4, 0.5) is 5.13 Å². The molecule has 0 aliphatic carbocycles. The van der Waals surface area contributed by atoms with E-state index in [0.29, 0.717) is 5.01 Å². The van der Waals surface area contributed by atoms with Gasteiger partial charge >= 0.3 is 0 Å². The van der Waals surface area contributed by atoms with Gasteiger partial charge in [-0.05, 0) is 6.92 Å². The number of aryl methyl sites for hydroxylation is 1. The lowest BCUT2D eigenvalue weighted by Gasteiger charge is -1.99. The van der Waals surface area contributed by atoms with Gasteiger partial charge in [-0.25, -0.2) is 18.1 Å². The highest BCUT2D eigenvalue weighted by atomic mass is 32.2. The topological polar surface area (TPSA) is 111 Å². The Bertz CT molecular complexity index is 617. The summed E-state index contributed by atoms with van der Waals surface area (Å²) < 4.78 is 25.7. The highest BCUT2D eigenvalue weighted by molar-refractivity contribution is 7.91. The van der Waals surface area contributed by atoms with Gasteiger partial charge in [0.2, 0.25) is 9.47 Å². The maximum Gasteiger partial charge on any atom is 0.270 e. The third-order valence-electron chi connectivity index (χ3n) is 1.73. The lowest BCUT2D eigenvalue weighted by atomic mass is 10.6. The van der Waals surface area contributed by atoms with Crippen LogP contribution in [0.3, 0.4) is 0 Å². The van der Waals surface area contributed by atoms with E-state index >= 15 is 0 Å². The average Bonchev–Trinajstić information content (AvgIpc) is 2.85. The summed E-state index contributed by atoms with van der Waals surface area (Å²) in [6.45, 7) is 2.04. The van der Waals surface area contributed by atoms with E-state index in [4.69, 9.17) is 5.73 Å². The van der Waals surface area contributed by atoms with Crippen molar-refractivity contribution in [2.75, 3.05) is 5.73 Å². The van der Waals surface area contributed by atoms with Crippen molar-refractivity contribution in [1.82, 2.24) is 19.9 Å². The van der Waals surface area contributed by atoms with E-state index in [1.165, 1.54) is 11.3 Å². The quantitative estimate of drug-likeness (QED) is 0.841. The summed E-state index contributed by atoms with van der Waals surface area (Å²) in [5, 5.41) is 7.76. The molecule has 2 rings (SSSR count). The fourth-order valence-electron chi connectivity index (χ4n) is 1.03. The SMILES string of the molecule is Cc1cnc(CNS(=O)(=O)c2nnc(N)s2)s1. The first kappa shape index (κ1) is 12.4. The molecule has 92 valence electrons. The normalized spacial score (nSPS) is 11.8. The van der Waals surface area contributed by atoms with Gasteiger partial charge < -0.3 is 5.73 Å². The molecule has 0 unspecified atom stereocenters. The molecule has 0 aliphatic heterocycles. The lowest BCUT2D eigenvalue weighted by Crippen LogP contribution is -2.23. The Balaban J connectivity index is 2.08. The van der Waals surface area contributed by atoms with Crippen molar-refractivity contribution in [3.63, 3.8) is 0 Å². The van der Waals surface area contributed by atoms with E-state index in [9.17, 15) is 8.42 Å². The van der Waals surface area contributed by atoms with Gasteiger partial charge in [-0.2, -0.15) is 0 Å². The molecule has 0 atom stereocenters.